The van der Waals surface area contributed by atoms with Crippen molar-refractivity contribution < 1.29 is 18.0 Å². The number of hydrogen-bond acceptors (Lipinski definition) is 3. The molecule has 22 heavy (non-hydrogen) atoms. The van der Waals surface area contributed by atoms with Crippen LogP contribution in [0.2, 0.25) is 0 Å². The first-order chi connectivity index (χ1) is 10.4. The van der Waals surface area contributed by atoms with Gasteiger partial charge in [0.1, 0.15) is 5.82 Å². The minimum Gasteiger partial charge on any atom is -0.354 e. The first-order valence-electron chi connectivity index (χ1n) is 6.59. The molecule has 2 aromatic rings. The summed E-state index contributed by atoms with van der Waals surface area (Å²) in [7, 11) is 0. The Morgan fingerprint density at radius 1 is 1.18 bits per heavy atom. The van der Waals surface area contributed by atoms with E-state index in [-0.39, 0.29) is 11.6 Å². The van der Waals surface area contributed by atoms with E-state index in [1.807, 2.05) is 0 Å². The highest BCUT2D eigenvalue weighted by molar-refractivity contribution is 5.89. The molecule has 0 bridgehead atoms. The number of alkyl halides is 3. The smallest absolute Gasteiger partial charge is 0.354 e. The van der Waals surface area contributed by atoms with E-state index in [9.17, 15) is 18.0 Å². The summed E-state index contributed by atoms with van der Waals surface area (Å²) in [5.41, 5.74) is -0.410. The molecule has 0 unspecified atom stereocenters. The highest BCUT2D eigenvalue weighted by atomic mass is 19.4. The molecule has 1 aromatic heterocycles. The van der Waals surface area contributed by atoms with Gasteiger partial charge in [-0.15, -0.1) is 0 Å². The number of nitrogens with zero attached hydrogens (tertiary/aromatic N) is 1. The topological polar surface area (TPSA) is 54.0 Å². The fourth-order valence-electron chi connectivity index (χ4n) is 1.77. The summed E-state index contributed by atoms with van der Waals surface area (Å²) in [6.07, 6.45) is -2.76. The number of benzene rings is 1. The van der Waals surface area contributed by atoms with Crippen LogP contribution in [-0.2, 0) is 11.0 Å². The summed E-state index contributed by atoms with van der Waals surface area (Å²) in [5, 5.41) is 5.24. The zero-order valence-corrected chi connectivity index (χ0v) is 11.7. The molecule has 2 N–H and O–H groups in total. The molecule has 0 fully saturated rings. The number of rotatable bonds is 4. The van der Waals surface area contributed by atoms with Gasteiger partial charge >= 0.3 is 6.18 Å². The highest BCUT2D eigenvalue weighted by Gasteiger charge is 2.33. The monoisotopic (exact) mass is 309 g/mol. The second-order valence-corrected chi connectivity index (χ2v) is 4.50. The van der Waals surface area contributed by atoms with Gasteiger partial charge < -0.3 is 10.6 Å². The molecule has 0 saturated carbocycles. The number of para-hydroxylation sites is 1. The molecule has 1 aromatic carbocycles. The molecule has 0 aliphatic heterocycles. The van der Waals surface area contributed by atoms with Crippen molar-refractivity contribution in [2.24, 2.45) is 0 Å². The Kier molecular flexibility index (Phi) is 4.65. The van der Waals surface area contributed by atoms with E-state index in [0.29, 0.717) is 17.9 Å². The fourth-order valence-corrected chi connectivity index (χ4v) is 1.77. The number of pyridine rings is 1. The number of anilines is 3. The van der Waals surface area contributed by atoms with Gasteiger partial charge in [-0.1, -0.05) is 19.1 Å². The Labute approximate surface area is 125 Å². The maximum absolute atomic E-state index is 12.9. The van der Waals surface area contributed by atoms with Gasteiger partial charge in [0.05, 0.1) is 23.1 Å². The zero-order chi connectivity index (χ0) is 16.2. The fraction of sp³-hybridized carbons (Fsp3) is 0.200. The summed E-state index contributed by atoms with van der Waals surface area (Å²) in [6, 6.07) is 8.26. The molecule has 116 valence electrons. The van der Waals surface area contributed by atoms with Gasteiger partial charge in [0.2, 0.25) is 5.91 Å². The molecule has 0 spiro atoms. The van der Waals surface area contributed by atoms with Gasteiger partial charge in [-0.3, -0.25) is 4.79 Å². The van der Waals surface area contributed by atoms with Crippen LogP contribution < -0.4 is 10.6 Å². The highest BCUT2D eigenvalue weighted by Crippen LogP contribution is 2.35. The van der Waals surface area contributed by atoms with E-state index in [0.717, 1.165) is 6.07 Å². The average molecular weight is 309 g/mol. The number of nitrogens with one attached hydrogen (secondary N) is 2. The van der Waals surface area contributed by atoms with Crippen LogP contribution in [0.15, 0.2) is 42.6 Å². The third-order valence-corrected chi connectivity index (χ3v) is 2.86. The van der Waals surface area contributed by atoms with Gasteiger partial charge in [0.15, 0.2) is 0 Å². The van der Waals surface area contributed by atoms with Crippen LogP contribution in [0, 0.1) is 0 Å². The third-order valence-electron chi connectivity index (χ3n) is 2.86. The first kappa shape index (κ1) is 15.8. The van der Waals surface area contributed by atoms with Crippen molar-refractivity contribution in [3.05, 3.63) is 48.2 Å². The van der Waals surface area contributed by atoms with E-state index < -0.39 is 11.7 Å². The van der Waals surface area contributed by atoms with Crippen molar-refractivity contribution >= 4 is 23.1 Å². The van der Waals surface area contributed by atoms with Crippen LogP contribution in [-0.4, -0.2) is 10.9 Å². The first-order valence-corrected chi connectivity index (χ1v) is 6.59. The Hall–Kier alpha value is -2.57. The number of carbonyl (C=O) groups is 1. The van der Waals surface area contributed by atoms with Crippen molar-refractivity contribution in [1.29, 1.82) is 0 Å². The SMILES string of the molecule is CCC(=O)Nc1ccc(Nc2ccccc2C(F)(F)F)cn1. The number of halogens is 3. The van der Waals surface area contributed by atoms with E-state index in [1.54, 1.807) is 13.0 Å². The minimum absolute atomic E-state index is 0.0536. The lowest BCUT2D eigenvalue weighted by molar-refractivity contribution is -0.136. The molecular weight excluding hydrogens is 295 g/mol. The van der Waals surface area contributed by atoms with Crippen LogP contribution in [0.4, 0.5) is 30.4 Å². The van der Waals surface area contributed by atoms with Crippen LogP contribution >= 0.6 is 0 Å². The predicted octanol–water partition coefficient (Wildman–Crippen LogP) is 4.19. The van der Waals surface area contributed by atoms with E-state index >= 15 is 0 Å². The number of carbonyl (C=O) groups excluding carboxylic acids is 1. The minimum atomic E-state index is -4.44. The van der Waals surface area contributed by atoms with Crippen molar-refractivity contribution in [2.75, 3.05) is 10.6 Å². The van der Waals surface area contributed by atoms with Gasteiger partial charge in [-0.2, -0.15) is 13.2 Å². The summed E-state index contributed by atoms with van der Waals surface area (Å²) in [4.78, 5) is 15.2. The van der Waals surface area contributed by atoms with Crippen LogP contribution in [0.1, 0.15) is 18.9 Å². The van der Waals surface area contributed by atoms with E-state index in [1.165, 1.54) is 30.5 Å². The van der Waals surface area contributed by atoms with Crippen molar-refractivity contribution in [3.63, 3.8) is 0 Å². The van der Waals surface area contributed by atoms with Crippen LogP contribution in [0.5, 0.6) is 0 Å². The Bertz CT molecular complexity index is 654. The molecule has 4 nitrogen and oxygen atoms in total. The molecule has 1 heterocycles. The van der Waals surface area contributed by atoms with Gasteiger partial charge in [0, 0.05) is 6.42 Å². The standard InChI is InChI=1S/C15H14F3N3O/c1-2-14(22)21-13-8-7-10(9-19-13)20-12-6-4-3-5-11(12)15(16,17)18/h3-9,20H,2H2,1H3,(H,19,21,22). The zero-order valence-electron chi connectivity index (χ0n) is 11.7. The number of aromatic nitrogens is 1. The number of hydrogen-bond donors (Lipinski definition) is 2. The second-order valence-electron chi connectivity index (χ2n) is 4.50. The van der Waals surface area contributed by atoms with Crippen LogP contribution in [0.25, 0.3) is 0 Å². The quantitative estimate of drug-likeness (QED) is 0.890. The van der Waals surface area contributed by atoms with Crippen LogP contribution in [0.3, 0.4) is 0 Å². The van der Waals surface area contributed by atoms with Crippen molar-refractivity contribution in [1.82, 2.24) is 4.98 Å². The summed E-state index contributed by atoms with van der Waals surface area (Å²) >= 11 is 0. The summed E-state index contributed by atoms with van der Waals surface area (Å²) in [5.74, 6) is 0.164. The Balaban J connectivity index is 2.17. The van der Waals surface area contributed by atoms with Gasteiger partial charge in [-0.05, 0) is 24.3 Å². The largest absolute Gasteiger partial charge is 0.418 e. The molecule has 0 saturated heterocycles. The lowest BCUT2D eigenvalue weighted by Crippen LogP contribution is -2.11. The lowest BCUT2D eigenvalue weighted by Gasteiger charge is -2.14. The van der Waals surface area contributed by atoms with Gasteiger partial charge in [-0.25, -0.2) is 4.98 Å². The predicted molar refractivity (Wildman–Crippen MR) is 77.9 cm³/mol. The normalized spacial score (nSPS) is 11.1. The third kappa shape index (κ3) is 3.97. The average Bonchev–Trinajstić information content (AvgIpc) is 2.48. The molecule has 0 atom stereocenters. The summed E-state index contributed by atoms with van der Waals surface area (Å²) < 4.78 is 38.7. The van der Waals surface area contributed by atoms with Crippen molar-refractivity contribution in [2.45, 2.75) is 19.5 Å². The maximum atomic E-state index is 12.9. The van der Waals surface area contributed by atoms with Gasteiger partial charge in [0.25, 0.3) is 0 Å². The molecule has 0 radical (unpaired) electrons. The molecule has 2 rings (SSSR count). The molecule has 0 aliphatic rings. The molecule has 0 aliphatic carbocycles. The molecular formula is C15H14F3N3O. The van der Waals surface area contributed by atoms with E-state index in [2.05, 4.69) is 15.6 Å². The number of amides is 1. The Morgan fingerprint density at radius 3 is 2.50 bits per heavy atom. The molecule has 1 amide bonds. The lowest BCUT2D eigenvalue weighted by atomic mass is 10.1. The van der Waals surface area contributed by atoms with E-state index in [4.69, 9.17) is 0 Å². The maximum Gasteiger partial charge on any atom is 0.418 e. The van der Waals surface area contributed by atoms with Crippen molar-refractivity contribution in [3.8, 4) is 0 Å². The second kappa shape index (κ2) is 6.46. The summed E-state index contributed by atoms with van der Waals surface area (Å²) in [6.45, 7) is 1.71. The Morgan fingerprint density at radius 2 is 1.91 bits per heavy atom. The molecule has 7 heteroatoms.